The lowest BCUT2D eigenvalue weighted by atomic mass is 10.1. The highest BCUT2D eigenvalue weighted by atomic mass is 32.2. The molecule has 0 saturated carbocycles. The van der Waals surface area contributed by atoms with Gasteiger partial charge >= 0.3 is 5.97 Å². The van der Waals surface area contributed by atoms with Gasteiger partial charge in [0.25, 0.3) is 0 Å². The van der Waals surface area contributed by atoms with Crippen molar-refractivity contribution in [3.63, 3.8) is 0 Å². The number of hydrogen-bond donors (Lipinski definition) is 1. The number of carboxylic acid groups (broad SMARTS) is 1. The lowest BCUT2D eigenvalue weighted by Crippen LogP contribution is -1.94. The molecule has 0 fully saturated rings. The summed E-state index contributed by atoms with van der Waals surface area (Å²) in [5, 5.41) is 18.0. The van der Waals surface area contributed by atoms with E-state index < -0.39 is 5.97 Å². The molecule has 100 valence electrons. The summed E-state index contributed by atoms with van der Waals surface area (Å²) in [5.41, 5.74) is 2.04. The summed E-state index contributed by atoms with van der Waals surface area (Å²) in [6, 6.07) is 14.7. The summed E-state index contributed by atoms with van der Waals surface area (Å²) in [5.74, 6) is -0.938. The average Bonchev–Trinajstić information content (AvgIpc) is 2.48. The molecule has 0 saturated heterocycles. The fourth-order valence-corrected chi connectivity index (χ4v) is 2.64. The molecule has 0 atom stereocenters. The van der Waals surface area contributed by atoms with Gasteiger partial charge in [0, 0.05) is 9.79 Å². The van der Waals surface area contributed by atoms with Crippen molar-refractivity contribution in [1.29, 1.82) is 5.26 Å². The first-order chi connectivity index (χ1) is 9.63. The molecular weight excluding hydrogens is 270 g/mol. The third kappa shape index (κ3) is 3.19. The molecule has 0 bridgehead atoms. The van der Waals surface area contributed by atoms with Gasteiger partial charge in [-0.25, -0.2) is 4.79 Å². The first kappa shape index (κ1) is 14.2. The lowest BCUT2D eigenvalue weighted by molar-refractivity contribution is 0.0697. The van der Waals surface area contributed by atoms with E-state index in [0.717, 1.165) is 21.8 Å². The Balaban J connectivity index is 2.26. The highest BCUT2D eigenvalue weighted by Gasteiger charge is 2.07. The Hall–Kier alpha value is -2.25. The molecule has 0 aliphatic carbocycles. The molecule has 2 aromatic rings. The van der Waals surface area contributed by atoms with Crippen molar-refractivity contribution in [1.82, 2.24) is 0 Å². The van der Waals surface area contributed by atoms with E-state index in [0.29, 0.717) is 5.56 Å². The van der Waals surface area contributed by atoms with Gasteiger partial charge in [-0.05, 0) is 48.4 Å². The molecule has 0 radical (unpaired) electrons. The standard InChI is InChI=1S/C16H13NO2S/c1-2-11-3-8-15(13(9-11)10-17)20-14-6-4-12(5-7-14)16(18)19/h3-9H,2H2,1H3,(H,18,19). The Morgan fingerprint density at radius 2 is 1.95 bits per heavy atom. The minimum absolute atomic E-state index is 0.260. The van der Waals surface area contributed by atoms with E-state index in [2.05, 4.69) is 6.07 Å². The van der Waals surface area contributed by atoms with Crippen LogP contribution in [-0.4, -0.2) is 11.1 Å². The Bertz CT molecular complexity index is 672. The Morgan fingerprint density at radius 3 is 2.50 bits per heavy atom. The van der Waals surface area contributed by atoms with Crippen LogP contribution in [0.4, 0.5) is 0 Å². The largest absolute Gasteiger partial charge is 0.478 e. The monoisotopic (exact) mass is 283 g/mol. The predicted molar refractivity (Wildman–Crippen MR) is 78.1 cm³/mol. The lowest BCUT2D eigenvalue weighted by Gasteiger charge is -2.06. The summed E-state index contributed by atoms with van der Waals surface area (Å²) in [6.07, 6.45) is 0.896. The predicted octanol–water partition coefficient (Wildman–Crippen LogP) is 3.97. The Labute approximate surface area is 121 Å². The molecule has 0 aliphatic rings. The van der Waals surface area contributed by atoms with Crippen LogP contribution < -0.4 is 0 Å². The van der Waals surface area contributed by atoms with Crippen molar-refractivity contribution in [3.8, 4) is 6.07 Å². The van der Waals surface area contributed by atoms with Gasteiger partial charge in [-0.1, -0.05) is 24.8 Å². The normalized spacial score (nSPS) is 10.0. The van der Waals surface area contributed by atoms with Crippen LogP contribution in [0.25, 0.3) is 0 Å². The third-order valence-corrected chi connectivity index (χ3v) is 3.99. The number of aryl methyl sites for hydroxylation is 1. The van der Waals surface area contributed by atoms with E-state index in [1.54, 1.807) is 24.3 Å². The van der Waals surface area contributed by atoms with Crippen molar-refractivity contribution < 1.29 is 9.90 Å². The molecule has 4 heteroatoms. The summed E-state index contributed by atoms with van der Waals surface area (Å²) in [4.78, 5) is 12.6. The second-order valence-corrected chi connectivity index (χ2v) is 5.34. The van der Waals surface area contributed by atoms with Crippen LogP contribution in [0.3, 0.4) is 0 Å². The van der Waals surface area contributed by atoms with Gasteiger partial charge in [0.1, 0.15) is 6.07 Å². The van der Waals surface area contributed by atoms with Crippen molar-refractivity contribution in [3.05, 3.63) is 59.2 Å². The zero-order valence-corrected chi connectivity index (χ0v) is 11.8. The zero-order valence-electron chi connectivity index (χ0n) is 11.0. The van der Waals surface area contributed by atoms with E-state index in [9.17, 15) is 10.1 Å². The van der Waals surface area contributed by atoms with Crippen LogP contribution >= 0.6 is 11.8 Å². The van der Waals surface area contributed by atoms with Gasteiger partial charge in [-0.15, -0.1) is 0 Å². The smallest absolute Gasteiger partial charge is 0.335 e. The number of nitrogens with zero attached hydrogens (tertiary/aromatic N) is 1. The zero-order chi connectivity index (χ0) is 14.5. The molecule has 0 aromatic heterocycles. The number of hydrogen-bond acceptors (Lipinski definition) is 3. The average molecular weight is 283 g/mol. The van der Waals surface area contributed by atoms with Crippen LogP contribution in [0.15, 0.2) is 52.3 Å². The molecule has 3 nitrogen and oxygen atoms in total. The third-order valence-electron chi connectivity index (χ3n) is 2.90. The van der Waals surface area contributed by atoms with E-state index in [4.69, 9.17) is 5.11 Å². The maximum Gasteiger partial charge on any atom is 0.335 e. The van der Waals surface area contributed by atoms with Crippen molar-refractivity contribution in [2.45, 2.75) is 23.1 Å². The number of aromatic carboxylic acids is 1. The number of carboxylic acids is 1. The summed E-state index contributed by atoms with van der Waals surface area (Å²) < 4.78 is 0. The van der Waals surface area contributed by atoms with E-state index >= 15 is 0 Å². The van der Waals surface area contributed by atoms with Crippen LogP contribution in [0.2, 0.25) is 0 Å². The van der Waals surface area contributed by atoms with Crippen molar-refractivity contribution in [2.75, 3.05) is 0 Å². The van der Waals surface area contributed by atoms with Crippen LogP contribution in [-0.2, 0) is 6.42 Å². The van der Waals surface area contributed by atoms with Gasteiger partial charge in [0.05, 0.1) is 11.1 Å². The van der Waals surface area contributed by atoms with E-state index in [-0.39, 0.29) is 5.56 Å². The molecule has 0 aliphatic heterocycles. The van der Waals surface area contributed by atoms with Crippen LogP contribution in [0.5, 0.6) is 0 Å². The van der Waals surface area contributed by atoms with Gasteiger partial charge < -0.3 is 5.11 Å². The molecule has 2 rings (SSSR count). The molecule has 0 amide bonds. The molecule has 2 aromatic carbocycles. The molecular formula is C16H13NO2S. The minimum atomic E-state index is -0.938. The van der Waals surface area contributed by atoms with Crippen molar-refractivity contribution >= 4 is 17.7 Å². The number of benzene rings is 2. The highest BCUT2D eigenvalue weighted by Crippen LogP contribution is 2.31. The Kier molecular flexibility index (Phi) is 4.44. The highest BCUT2D eigenvalue weighted by molar-refractivity contribution is 7.99. The van der Waals surface area contributed by atoms with Crippen molar-refractivity contribution in [2.24, 2.45) is 0 Å². The van der Waals surface area contributed by atoms with E-state index in [1.165, 1.54) is 11.8 Å². The second kappa shape index (κ2) is 6.27. The maximum absolute atomic E-state index is 10.8. The Morgan fingerprint density at radius 1 is 1.25 bits per heavy atom. The molecule has 1 N–H and O–H groups in total. The van der Waals surface area contributed by atoms with Crippen LogP contribution in [0, 0.1) is 11.3 Å². The van der Waals surface area contributed by atoms with Gasteiger partial charge in [-0.2, -0.15) is 5.26 Å². The molecule has 20 heavy (non-hydrogen) atoms. The van der Waals surface area contributed by atoms with Gasteiger partial charge in [-0.3, -0.25) is 0 Å². The SMILES string of the molecule is CCc1ccc(Sc2ccc(C(=O)O)cc2)c(C#N)c1. The summed E-state index contributed by atoms with van der Waals surface area (Å²) in [7, 11) is 0. The van der Waals surface area contributed by atoms with Gasteiger partial charge in [0.15, 0.2) is 0 Å². The first-order valence-corrected chi connectivity index (χ1v) is 7.00. The minimum Gasteiger partial charge on any atom is -0.478 e. The maximum atomic E-state index is 10.8. The molecule has 0 spiro atoms. The quantitative estimate of drug-likeness (QED) is 0.922. The van der Waals surface area contributed by atoms with Crippen LogP contribution in [0.1, 0.15) is 28.4 Å². The fraction of sp³-hybridized carbons (Fsp3) is 0.125. The summed E-state index contributed by atoms with van der Waals surface area (Å²) in [6.45, 7) is 2.05. The number of rotatable bonds is 4. The second-order valence-electron chi connectivity index (χ2n) is 4.23. The molecule has 0 heterocycles. The fourth-order valence-electron chi connectivity index (χ4n) is 1.77. The molecule has 0 unspecified atom stereocenters. The topological polar surface area (TPSA) is 61.1 Å². The number of nitriles is 1. The number of carbonyl (C=O) groups is 1. The summed E-state index contributed by atoms with van der Waals surface area (Å²) >= 11 is 1.46. The first-order valence-electron chi connectivity index (χ1n) is 6.18. The van der Waals surface area contributed by atoms with E-state index in [1.807, 2.05) is 25.1 Å². The van der Waals surface area contributed by atoms with Gasteiger partial charge in [0.2, 0.25) is 0 Å².